The first-order valence-electron chi connectivity index (χ1n) is 9.94. The predicted molar refractivity (Wildman–Crippen MR) is 108 cm³/mol. The molecule has 0 saturated carbocycles. The fraction of sp³-hybridized carbons (Fsp3) is 0.391. The molecule has 2 amide bonds. The molecule has 0 aliphatic carbocycles. The summed E-state index contributed by atoms with van der Waals surface area (Å²) in [6, 6.07) is 19.9. The van der Waals surface area contributed by atoms with Gasteiger partial charge in [-0.1, -0.05) is 48.5 Å². The number of anilines is 1. The number of para-hydroxylation sites is 1. The lowest BCUT2D eigenvalue weighted by atomic mass is 9.74. The molecule has 1 unspecified atom stereocenters. The van der Waals surface area contributed by atoms with E-state index in [4.69, 9.17) is 4.74 Å². The highest BCUT2D eigenvalue weighted by atomic mass is 16.5. The lowest BCUT2D eigenvalue weighted by molar-refractivity contribution is -0.126. The number of amides is 2. The van der Waals surface area contributed by atoms with E-state index < -0.39 is 0 Å². The standard InChI is InChI=1S/C23H26N2O3/c26-21-15-18(16-25(21)20-9-5-2-6-10-20)22(27)24-17-23(11-13-28-14-12-23)19-7-3-1-4-8-19/h1-10,18H,11-17H2,(H,24,27). The molecule has 2 aliphatic rings. The van der Waals surface area contributed by atoms with Gasteiger partial charge in [0.1, 0.15) is 0 Å². The summed E-state index contributed by atoms with van der Waals surface area (Å²) >= 11 is 0. The zero-order valence-corrected chi connectivity index (χ0v) is 16.0. The number of ether oxygens (including phenoxy) is 1. The van der Waals surface area contributed by atoms with Crippen LogP contribution in [-0.4, -0.2) is 38.1 Å². The average molecular weight is 378 g/mol. The van der Waals surface area contributed by atoms with Gasteiger partial charge in [-0.25, -0.2) is 0 Å². The summed E-state index contributed by atoms with van der Waals surface area (Å²) in [5.74, 6) is -0.330. The van der Waals surface area contributed by atoms with Gasteiger partial charge >= 0.3 is 0 Å². The van der Waals surface area contributed by atoms with Gasteiger partial charge in [-0.3, -0.25) is 9.59 Å². The van der Waals surface area contributed by atoms with Gasteiger partial charge < -0.3 is 15.0 Å². The van der Waals surface area contributed by atoms with Crippen molar-refractivity contribution in [3.8, 4) is 0 Å². The number of carbonyl (C=O) groups is 2. The largest absolute Gasteiger partial charge is 0.381 e. The molecule has 1 N–H and O–H groups in total. The highest BCUT2D eigenvalue weighted by Crippen LogP contribution is 2.34. The predicted octanol–water partition coefficient (Wildman–Crippen LogP) is 2.90. The Labute approximate surface area is 165 Å². The van der Waals surface area contributed by atoms with E-state index in [1.54, 1.807) is 4.90 Å². The van der Waals surface area contributed by atoms with Crippen molar-refractivity contribution in [1.29, 1.82) is 0 Å². The van der Waals surface area contributed by atoms with Crippen molar-refractivity contribution >= 4 is 17.5 Å². The van der Waals surface area contributed by atoms with E-state index in [9.17, 15) is 9.59 Å². The molecule has 146 valence electrons. The van der Waals surface area contributed by atoms with E-state index >= 15 is 0 Å². The van der Waals surface area contributed by atoms with Gasteiger partial charge in [0.25, 0.3) is 0 Å². The third-order valence-electron chi connectivity index (χ3n) is 6.00. The summed E-state index contributed by atoms with van der Waals surface area (Å²) in [7, 11) is 0. The average Bonchev–Trinajstić information content (AvgIpc) is 3.16. The molecule has 2 aromatic carbocycles. The van der Waals surface area contributed by atoms with E-state index in [2.05, 4.69) is 17.4 Å². The second kappa shape index (κ2) is 8.15. The van der Waals surface area contributed by atoms with Gasteiger partial charge in [0.2, 0.25) is 11.8 Å². The Morgan fingerprint density at radius 3 is 2.36 bits per heavy atom. The first-order valence-corrected chi connectivity index (χ1v) is 9.94. The molecule has 28 heavy (non-hydrogen) atoms. The normalized spacial score (nSPS) is 21.5. The molecule has 5 heteroatoms. The molecule has 2 aliphatic heterocycles. The number of nitrogens with zero attached hydrogens (tertiary/aromatic N) is 1. The van der Waals surface area contributed by atoms with Gasteiger partial charge in [0, 0.05) is 43.8 Å². The van der Waals surface area contributed by atoms with Crippen molar-refractivity contribution in [2.24, 2.45) is 5.92 Å². The Kier molecular flexibility index (Phi) is 5.44. The summed E-state index contributed by atoms with van der Waals surface area (Å²) in [6.07, 6.45) is 2.04. The fourth-order valence-electron chi connectivity index (χ4n) is 4.26. The molecule has 0 aromatic heterocycles. The van der Waals surface area contributed by atoms with E-state index in [1.807, 2.05) is 48.5 Å². The van der Waals surface area contributed by atoms with Gasteiger partial charge in [-0.2, -0.15) is 0 Å². The lowest BCUT2D eigenvalue weighted by Crippen LogP contribution is -2.46. The van der Waals surface area contributed by atoms with Gasteiger partial charge in [-0.15, -0.1) is 0 Å². The quantitative estimate of drug-likeness (QED) is 0.870. The molecule has 5 nitrogen and oxygen atoms in total. The number of benzene rings is 2. The summed E-state index contributed by atoms with van der Waals surface area (Å²) in [4.78, 5) is 27.0. The minimum atomic E-state index is -0.305. The Bertz CT molecular complexity index is 816. The van der Waals surface area contributed by atoms with Crippen molar-refractivity contribution in [2.45, 2.75) is 24.7 Å². The first kappa shape index (κ1) is 18.7. The van der Waals surface area contributed by atoms with Crippen LogP contribution in [0.1, 0.15) is 24.8 Å². The molecule has 2 saturated heterocycles. The number of carbonyl (C=O) groups excluding carboxylic acids is 2. The maximum Gasteiger partial charge on any atom is 0.227 e. The third-order valence-corrected chi connectivity index (χ3v) is 6.00. The van der Waals surface area contributed by atoms with Crippen LogP contribution in [0.15, 0.2) is 60.7 Å². The summed E-state index contributed by atoms with van der Waals surface area (Å²) in [6.45, 7) is 2.42. The number of hydrogen-bond donors (Lipinski definition) is 1. The maximum atomic E-state index is 12.9. The molecular weight excluding hydrogens is 352 g/mol. The molecule has 2 aromatic rings. The van der Waals surface area contributed by atoms with E-state index in [1.165, 1.54) is 5.56 Å². The second-order valence-electron chi connectivity index (χ2n) is 7.72. The van der Waals surface area contributed by atoms with E-state index in [0.29, 0.717) is 26.3 Å². The molecule has 0 radical (unpaired) electrons. The number of hydrogen-bond acceptors (Lipinski definition) is 3. The van der Waals surface area contributed by atoms with Crippen LogP contribution in [-0.2, 0) is 19.7 Å². The molecule has 0 bridgehead atoms. The SMILES string of the molecule is O=C(NCC1(c2ccccc2)CCOCC1)C1CC(=O)N(c2ccccc2)C1. The van der Waals surface area contributed by atoms with Gasteiger partial charge in [-0.05, 0) is 30.5 Å². The van der Waals surface area contributed by atoms with E-state index in [-0.39, 0.29) is 29.6 Å². The highest BCUT2D eigenvalue weighted by Gasteiger charge is 2.38. The zero-order chi connectivity index (χ0) is 19.4. The number of rotatable bonds is 5. The molecular formula is C23H26N2O3. The second-order valence-corrected chi connectivity index (χ2v) is 7.72. The minimum Gasteiger partial charge on any atom is -0.381 e. The number of nitrogens with one attached hydrogen (secondary N) is 1. The van der Waals surface area contributed by atoms with Crippen molar-refractivity contribution in [3.05, 3.63) is 66.2 Å². The molecule has 1 atom stereocenters. The van der Waals surface area contributed by atoms with Crippen molar-refractivity contribution in [2.75, 3.05) is 31.2 Å². The van der Waals surface area contributed by atoms with Gasteiger partial charge in [0.15, 0.2) is 0 Å². The summed E-state index contributed by atoms with van der Waals surface area (Å²) in [5.41, 5.74) is 2.00. The monoisotopic (exact) mass is 378 g/mol. The molecule has 0 spiro atoms. The third kappa shape index (κ3) is 3.80. The van der Waals surface area contributed by atoms with Gasteiger partial charge in [0.05, 0.1) is 5.92 Å². The topological polar surface area (TPSA) is 58.6 Å². The Hall–Kier alpha value is -2.66. The molecule has 2 fully saturated rings. The highest BCUT2D eigenvalue weighted by molar-refractivity contribution is 6.00. The van der Waals surface area contributed by atoms with Crippen LogP contribution in [0, 0.1) is 5.92 Å². The van der Waals surface area contributed by atoms with Crippen LogP contribution in [0.5, 0.6) is 0 Å². The summed E-state index contributed by atoms with van der Waals surface area (Å²) in [5, 5.41) is 3.15. The van der Waals surface area contributed by atoms with Crippen LogP contribution in [0.25, 0.3) is 0 Å². The lowest BCUT2D eigenvalue weighted by Gasteiger charge is -2.38. The molecule has 2 heterocycles. The van der Waals surface area contributed by atoms with Crippen LogP contribution in [0.3, 0.4) is 0 Å². The zero-order valence-electron chi connectivity index (χ0n) is 16.0. The Morgan fingerprint density at radius 2 is 1.68 bits per heavy atom. The van der Waals surface area contributed by atoms with Crippen molar-refractivity contribution in [3.63, 3.8) is 0 Å². The minimum absolute atomic E-state index is 0.00943. The van der Waals surface area contributed by atoms with Crippen LogP contribution >= 0.6 is 0 Å². The van der Waals surface area contributed by atoms with Crippen LogP contribution in [0.4, 0.5) is 5.69 Å². The fourth-order valence-corrected chi connectivity index (χ4v) is 4.26. The first-order chi connectivity index (χ1) is 13.7. The van der Waals surface area contributed by atoms with Crippen LogP contribution < -0.4 is 10.2 Å². The van der Waals surface area contributed by atoms with E-state index in [0.717, 1.165) is 18.5 Å². The Morgan fingerprint density at radius 1 is 1.04 bits per heavy atom. The maximum absolute atomic E-state index is 12.9. The van der Waals surface area contributed by atoms with Crippen molar-refractivity contribution < 1.29 is 14.3 Å². The smallest absolute Gasteiger partial charge is 0.227 e. The van der Waals surface area contributed by atoms with Crippen LogP contribution in [0.2, 0.25) is 0 Å². The summed E-state index contributed by atoms with van der Waals surface area (Å²) < 4.78 is 5.57. The Balaban J connectivity index is 1.42. The van der Waals surface area contributed by atoms with Crippen molar-refractivity contribution in [1.82, 2.24) is 5.32 Å². The molecule has 4 rings (SSSR count).